The summed E-state index contributed by atoms with van der Waals surface area (Å²) in [5.74, 6) is -5.82. The molecule has 0 saturated carbocycles. The minimum atomic E-state index is -1.48. The molecule has 3 N–H and O–H groups in total. The Labute approximate surface area is 215 Å². The molecular weight excluding hydrogens is 472 g/mol. The van der Waals surface area contributed by atoms with E-state index in [0.29, 0.717) is 16.7 Å². The molecule has 0 aliphatic carbocycles. The van der Waals surface area contributed by atoms with E-state index in [4.69, 9.17) is 15.2 Å². The maximum atomic E-state index is 14.4. The number of ether oxygens (including phenoxy) is 2. The van der Waals surface area contributed by atoms with Gasteiger partial charge >= 0.3 is 11.9 Å². The predicted octanol–water partition coefficient (Wildman–Crippen LogP) is 2.59. The number of primary amides is 1. The highest BCUT2D eigenvalue weighted by Gasteiger charge is 2.47. The van der Waals surface area contributed by atoms with Crippen molar-refractivity contribution in [1.82, 2.24) is 5.32 Å². The second-order valence-corrected chi connectivity index (χ2v) is 8.58. The molecule has 2 amide bonds. The quantitative estimate of drug-likeness (QED) is 0.249. The Morgan fingerprint density at radius 1 is 0.703 bits per heavy atom. The van der Waals surface area contributed by atoms with Crippen molar-refractivity contribution >= 4 is 23.8 Å². The second-order valence-electron chi connectivity index (χ2n) is 8.58. The van der Waals surface area contributed by atoms with Gasteiger partial charge in [0.15, 0.2) is 5.92 Å². The number of nitrogens with two attached hydrogens (primary N) is 1. The van der Waals surface area contributed by atoms with Crippen LogP contribution in [0.1, 0.15) is 23.6 Å². The van der Waals surface area contributed by atoms with Gasteiger partial charge in [0.05, 0.1) is 14.2 Å². The normalized spacial score (nSPS) is 12.8. The number of carbonyl (C=O) groups is 4. The molecule has 37 heavy (non-hydrogen) atoms. The van der Waals surface area contributed by atoms with E-state index in [1.54, 1.807) is 0 Å². The molecular formula is C29H30N2O6. The molecule has 0 aliphatic heterocycles. The van der Waals surface area contributed by atoms with E-state index in [2.05, 4.69) is 5.32 Å². The lowest BCUT2D eigenvalue weighted by Crippen LogP contribution is -2.57. The number of hydrogen-bond acceptors (Lipinski definition) is 6. The number of carbonyl (C=O) groups excluding carboxylic acids is 4. The molecule has 0 radical (unpaired) electrons. The third-order valence-electron chi connectivity index (χ3n) is 6.52. The molecule has 0 unspecified atom stereocenters. The van der Waals surface area contributed by atoms with Gasteiger partial charge in [-0.05, 0) is 16.7 Å². The van der Waals surface area contributed by atoms with Crippen molar-refractivity contribution in [3.63, 3.8) is 0 Å². The Morgan fingerprint density at radius 3 is 1.35 bits per heavy atom. The number of rotatable bonds is 10. The van der Waals surface area contributed by atoms with Crippen molar-refractivity contribution in [2.24, 2.45) is 17.6 Å². The highest BCUT2D eigenvalue weighted by Crippen LogP contribution is 2.40. The molecule has 3 aromatic rings. The van der Waals surface area contributed by atoms with Crippen LogP contribution in [0.3, 0.4) is 0 Å². The highest BCUT2D eigenvalue weighted by molar-refractivity contribution is 6.00. The lowest BCUT2D eigenvalue weighted by Gasteiger charge is -2.37. The number of methoxy groups -OCH3 is 2. The van der Waals surface area contributed by atoms with Gasteiger partial charge in [0, 0.05) is 5.92 Å². The van der Waals surface area contributed by atoms with E-state index >= 15 is 0 Å². The summed E-state index contributed by atoms with van der Waals surface area (Å²) in [4.78, 5) is 52.0. The third-order valence-corrected chi connectivity index (χ3v) is 6.52. The molecule has 8 nitrogen and oxygen atoms in total. The Balaban J connectivity index is 2.20. The smallest absolute Gasteiger partial charge is 0.320 e. The number of nitrogens with one attached hydrogen (secondary N) is 1. The van der Waals surface area contributed by atoms with E-state index in [1.807, 2.05) is 91.0 Å². The Hall–Kier alpha value is -4.46. The third kappa shape index (κ3) is 5.38. The van der Waals surface area contributed by atoms with Crippen LogP contribution in [0.4, 0.5) is 0 Å². The van der Waals surface area contributed by atoms with Gasteiger partial charge in [0.25, 0.3) is 0 Å². The molecule has 0 fully saturated rings. The first-order valence-electron chi connectivity index (χ1n) is 11.7. The van der Waals surface area contributed by atoms with E-state index in [0.717, 1.165) is 14.2 Å². The Kier molecular flexibility index (Phi) is 8.79. The van der Waals surface area contributed by atoms with Gasteiger partial charge in [-0.2, -0.15) is 0 Å². The monoisotopic (exact) mass is 502 g/mol. The predicted molar refractivity (Wildman–Crippen MR) is 137 cm³/mol. The number of esters is 2. The summed E-state index contributed by atoms with van der Waals surface area (Å²) in [5.41, 5.74) is 6.28. The largest absolute Gasteiger partial charge is 0.468 e. The minimum absolute atomic E-state index is 0.555. The van der Waals surface area contributed by atoms with E-state index in [-0.39, 0.29) is 0 Å². The zero-order chi connectivity index (χ0) is 27.0. The van der Waals surface area contributed by atoms with Crippen molar-refractivity contribution < 1.29 is 28.7 Å². The average Bonchev–Trinajstić information content (AvgIpc) is 2.93. The highest BCUT2D eigenvalue weighted by atomic mass is 16.5. The van der Waals surface area contributed by atoms with Crippen LogP contribution in [0.5, 0.6) is 0 Å². The molecule has 0 aromatic heterocycles. The first-order chi connectivity index (χ1) is 17.8. The van der Waals surface area contributed by atoms with Gasteiger partial charge in [-0.25, -0.2) is 0 Å². The topological polar surface area (TPSA) is 125 Å². The van der Waals surface area contributed by atoms with Crippen LogP contribution in [0.25, 0.3) is 0 Å². The van der Waals surface area contributed by atoms with Crippen LogP contribution >= 0.6 is 0 Å². The van der Waals surface area contributed by atoms with Crippen LogP contribution in [-0.2, 0) is 34.1 Å². The molecule has 192 valence electrons. The fourth-order valence-electron chi connectivity index (χ4n) is 4.64. The fourth-order valence-corrected chi connectivity index (χ4v) is 4.64. The summed E-state index contributed by atoms with van der Waals surface area (Å²) in [7, 11) is 2.24. The van der Waals surface area contributed by atoms with Gasteiger partial charge < -0.3 is 20.5 Å². The van der Waals surface area contributed by atoms with Gasteiger partial charge in [-0.15, -0.1) is 0 Å². The van der Waals surface area contributed by atoms with E-state index in [1.165, 1.54) is 6.92 Å². The molecule has 3 aromatic carbocycles. The number of amides is 2. The molecule has 0 bridgehead atoms. The van der Waals surface area contributed by atoms with Crippen molar-refractivity contribution in [3.8, 4) is 0 Å². The van der Waals surface area contributed by atoms with Gasteiger partial charge in [0.1, 0.15) is 11.5 Å². The maximum Gasteiger partial charge on any atom is 0.320 e. The maximum absolute atomic E-state index is 14.4. The van der Waals surface area contributed by atoms with Crippen molar-refractivity contribution in [3.05, 3.63) is 108 Å². The lowest BCUT2D eigenvalue weighted by atomic mass is 9.68. The van der Waals surface area contributed by atoms with Crippen LogP contribution in [0.2, 0.25) is 0 Å². The molecule has 0 saturated heterocycles. The average molecular weight is 503 g/mol. The van der Waals surface area contributed by atoms with Gasteiger partial charge in [-0.1, -0.05) is 97.9 Å². The molecule has 0 heterocycles. The zero-order valence-electron chi connectivity index (χ0n) is 20.9. The SMILES string of the molecule is COC(=O)C(C(=O)OC)[C@@H](C)[C@H](NC(=O)C(c1ccccc1)(c1ccccc1)c1ccccc1)C(N)=O. The van der Waals surface area contributed by atoms with Gasteiger partial charge in [-0.3, -0.25) is 19.2 Å². The molecule has 0 spiro atoms. The van der Waals surface area contributed by atoms with Crippen LogP contribution < -0.4 is 11.1 Å². The summed E-state index contributed by atoms with van der Waals surface area (Å²) in [6.45, 7) is 1.46. The van der Waals surface area contributed by atoms with Crippen LogP contribution in [0, 0.1) is 11.8 Å². The molecule has 8 heteroatoms. The first kappa shape index (κ1) is 27.1. The molecule has 0 aliphatic rings. The number of hydrogen-bond donors (Lipinski definition) is 2. The number of benzene rings is 3. The van der Waals surface area contributed by atoms with E-state index in [9.17, 15) is 19.2 Å². The summed E-state index contributed by atoms with van der Waals surface area (Å²) >= 11 is 0. The van der Waals surface area contributed by atoms with Crippen molar-refractivity contribution in [1.29, 1.82) is 0 Å². The van der Waals surface area contributed by atoms with Crippen LogP contribution in [0.15, 0.2) is 91.0 Å². The van der Waals surface area contributed by atoms with E-state index < -0.39 is 47.0 Å². The summed E-state index contributed by atoms with van der Waals surface area (Å²) in [5, 5.41) is 2.76. The van der Waals surface area contributed by atoms with Crippen molar-refractivity contribution in [2.75, 3.05) is 14.2 Å². The summed E-state index contributed by atoms with van der Waals surface area (Å²) < 4.78 is 9.52. The summed E-state index contributed by atoms with van der Waals surface area (Å²) in [6, 6.07) is 26.0. The van der Waals surface area contributed by atoms with Gasteiger partial charge in [0.2, 0.25) is 11.8 Å². The minimum Gasteiger partial charge on any atom is -0.468 e. The molecule has 2 atom stereocenters. The fraction of sp³-hybridized carbons (Fsp3) is 0.241. The zero-order valence-corrected chi connectivity index (χ0v) is 20.9. The first-order valence-corrected chi connectivity index (χ1v) is 11.7. The lowest BCUT2D eigenvalue weighted by molar-refractivity contribution is -0.162. The Bertz CT molecular complexity index is 1120. The standard InChI is InChI=1S/C29H30N2O6/c1-19(23(26(33)36-2)27(34)37-3)24(25(30)32)31-28(35)29(20-13-7-4-8-14-20,21-15-9-5-10-16-21)22-17-11-6-12-18-22/h4-19,23-24H,1-3H3,(H2,30,32)(H,31,35)/t19-,24+/m1/s1. The molecule has 3 rings (SSSR count). The second kappa shape index (κ2) is 12.0. The summed E-state index contributed by atoms with van der Waals surface area (Å²) in [6.07, 6.45) is 0. The van der Waals surface area contributed by atoms with Crippen molar-refractivity contribution in [2.45, 2.75) is 18.4 Å². The van der Waals surface area contributed by atoms with Crippen LogP contribution in [-0.4, -0.2) is 44.0 Å². The Morgan fingerprint density at radius 2 is 1.05 bits per heavy atom.